The first kappa shape index (κ1) is 20.3. The van der Waals surface area contributed by atoms with Gasteiger partial charge in [0.05, 0.1) is 12.2 Å². The largest absolute Gasteiger partial charge is 0.400 e. The fourth-order valence-electron chi connectivity index (χ4n) is 1.92. The van der Waals surface area contributed by atoms with E-state index in [1.54, 1.807) is 13.3 Å². The number of aliphatic hydroxyl groups excluding tert-OH is 2. The summed E-state index contributed by atoms with van der Waals surface area (Å²) in [5.74, 6) is 2.39. The molecule has 0 aliphatic rings. The first-order valence-corrected chi connectivity index (χ1v) is 7.97. The molecule has 0 rings (SSSR count). The number of hydrogen-bond acceptors (Lipinski definition) is 5. The maximum atomic E-state index is 9.98. The van der Waals surface area contributed by atoms with Crippen LogP contribution in [0.25, 0.3) is 0 Å². The second kappa shape index (κ2) is 14.2. The Labute approximate surface area is 134 Å². The van der Waals surface area contributed by atoms with E-state index in [1.807, 2.05) is 25.1 Å². The number of allylic oxidation sites excluding steroid dienone is 2. The summed E-state index contributed by atoms with van der Waals surface area (Å²) in [6, 6.07) is 1.24. The minimum absolute atomic E-state index is 0.431. The molecule has 0 aliphatic heterocycles. The zero-order valence-electron chi connectivity index (χ0n) is 12.7. The van der Waals surface area contributed by atoms with Crippen LogP contribution in [-0.2, 0) is 0 Å². The molecule has 0 aliphatic carbocycles. The van der Waals surface area contributed by atoms with Gasteiger partial charge in [-0.3, -0.25) is 4.90 Å². The van der Waals surface area contributed by atoms with Crippen molar-refractivity contribution < 1.29 is 10.2 Å². The summed E-state index contributed by atoms with van der Waals surface area (Å²) < 4.78 is 0. The Morgan fingerprint density at radius 3 is 2.71 bits per heavy atom. The Bertz CT molecular complexity index is 345. The Morgan fingerprint density at radius 1 is 1.33 bits per heavy atom. The number of unbranched alkanes of at least 4 members (excludes halogenated alkanes) is 1. The number of nitrogens with zero attached hydrogens (tertiary/aromatic N) is 2. The Hall–Kier alpha value is -0.735. The summed E-state index contributed by atoms with van der Waals surface area (Å²) in [5.41, 5.74) is 0. The van der Waals surface area contributed by atoms with E-state index in [-0.39, 0.29) is 0 Å². The lowest BCUT2D eigenvalue weighted by molar-refractivity contribution is 0.0920. The van der Waals surface area contributed by atoms with Gasteiger partial charge in [0.25, 0.3) is 0 Å². The van der Waals surface area contributed by atoms with E-state index in [0.29, 0.717) is 19.5 Å². The molecule has 0 aromatic carbocycles. The predicted octanol–water partition coefficient (Wildman–Crippen LogP) is 1.39. The van der Waals surface area contributed by atoms with Crippen molar-refractivity contribution in [2.45, 2.75) is 38.3 Å². The molecule has 0 aromatic heterocycles. The molecule has 0 heterocycles. The molecule has 117 valence electrons. The van der Waals surface area contributed by atoms with Crippen LogP contribution in [0, 0.1) is 11.3 Å². The van der Waals surface area contributed by atoms with Crippen LogP contribution >= 0.6 is 12.6 Å². The standard InChI is InChI=1S/C15H26BN2O2S/c1-2-3-7-14(19)12-18(10-4-5-11-21)13-15(20)16-8-6-9-17/h2-3,6,8,14-15,19-21H,4-5,7,10-13H2,1H3/b3-2-,8-6-. The van der Waals surface area contributed by atoms with Crippen LogP contribution in [0.5, 0.6) is 0 Å². The van der Waals surface area contributed by atoms with E-state index in [1.165, 1.54) is 6.08 Å². The Morgan fingerprint density at radius 2 is 2.10 bits per heavy atom. The molecular weight excluding hydrogens is 283 g/mol. The summed E-state index contributed by atoms with van der Waals surface area (Å²) in [4.78, 5) is 2.05. The van der Waals surface area contributed by atoms with Gasteiger partial charge >= 0.3 is 0 Å². The van der Waals surface area contributed by atoms with Crippen LogP contribution in [0.1, 0.15) is 26.2 Å². The van der Waals surface area contributed by atoms with Crippen molar-refractivity contribution in [3.05, 3.63) is 24.2 Å². The van der Waals surface area contributed by atoms with Crippen LogP contribution in [0.4, 0.5) is 0 Å². The maximum absolute atomic E-state index is 9.98. The van der Waals surface area contributed by atoms with Gasteiger partial charge in [0.15, 0.2) is 7.28 Å². The highest BCUT2D eigenvalue weighted by Crippen LogP contribution is 2.03. The van der Waals surface area contributed by atoms with Crippen LogP contribution in [-0.4, -0.2) is 59.9 Å². The van der Waals surface area contributed by atoms with Gasteiger partial charge in [-0.1, -0.05) is 12.2 Å². The van der Waals surface area contributed by atoms with E-state index >= 15 is 0 Å². The molecule has 6 heteroatoms. The molecule has 0 amide bonds. The number of nitriles is 1. The molecule has 2 atom stereocenters. The van der Waals surface area contributed by atoms with E-state index in [0.717, 1.165) is 25.1 Å². The van der Waals surface area contributed by atoms with Crippen LogP contribution in [0.15, 0.2) is 24.2 Å². The van der Waals surface area contributed by atoms with Gasteiger partial charge in [-0.15, -0.1) is 5.98 Å². The molecule has 1 radical (unpaired) electrons. The second-order valence-corrected chi connectivity index (χ2v) is 5.34. The fraction of sp³-hybridized carbons (Fsp3) is 0.667. The first-order valence-electron chi connectivity index (χ1n) is 7.34. The van der Waals surface area contributed by atoms with Gasteiger partial charge < -0.3 is 10.2 Å². The molecule has 0 fully saturated rings. The van der Waals surface area contributed by atoms with Crippen LogP contribution < -0.4 is 0 Å². The molecule has 4 nitrogen and oxygen atoms in total. The minimum atomic E-state index is -0.639. The summed E-state index contributed by atoms with van der Waals surface area (Å²) >= 11 is 4.19. The van der Waals surface area contributed by atoms with Gasteiger partial charge in [0.2, 0.25) is 0 Å². The van der Waals surface area contributed by atoms with Crippen molar-refractivity contribution in [3.8, 4) is 6.07 Å². The Kier molecular flexibility index (Phi) is 13.7. The van der Waals surface area contributed by atoms with E-state index in [2.05, 4.69) is 17.5 Å². The van der Waals surface area contributed by atoms with Crippen LogP contribution in [0.2, 0.25) is 0 Å². The monoisotopic (exact) mass is 309 g/mol. The fourth-order valence-corrected chi connectivity index (χ4v) is 2.15. The van der Waals surface area contributed by atoms with Crippen molar-refractivity contribution in [2.75, 3.05) is 25.4 Å². The third kappa shape index (κ3) is 12.7. The van der Waals surface area contributed by atoms with Gasteiger partial charge in [-0.25, -0.2) is 0 Å². The van der Waals surface area contributed by atoms with Gasteiger partial charge in [0.1, 0.15) is 0 Å². The summed E-state index contributed by atoms with van der Waals surface area (Å²) in [6.07, 6.45) is 7.38. The maximum Gasteiger partial charge on any atom is 0.182 e. The number of hydrogen-bond donors (Lipinski definition) is 3. The molecule has 0 spiro atoms. The van der Waals surface area contributed by atoms with Gasteiger partial charge in [-0.2, -0.15) is 17.9 Å². The Balaban J connectivity index is 4.29. The highest BCUT2D eigenvalue weighted by molar-refractivity contribution is 7.80. The summed E-state index contributed by atoms with van der Waals surface area (Å²) in [7, 11) is 1.59. The average molecular weight is 309 g/mol. The van der Waals surface area contributed by atoms with Gasteiger partial charge in [-0.05, 0) is 38.5 Å². The molecule has 2 N–H and O–H groups in total. The first-order chi connectivity index (χ1) is 10.1. The lowest BCUT2D eigenvalue weighted by Gasteiger charge is -2.26. The summed E-state index contributed by atoms with van der Waals surface area (Å²) in [6.45, 7) is 3.73. The van der Waals surface area contributed by atoms with Crippen molar-refractivity contribution >= 4 is 19.9 Å². The average Bonchev–Trinajstić information content (AvgIpc) is 2.45. The highest BCUT2D eigenvalue weighted by Gasteiger charge is 2.14. The van der Waals surface area contributed by atoms with Crippen molar-refractivity contribution in [1.29, 1.82) is 5.26 Å². The SMILES string of the molecule is C/C=C\CC(O)CN(CCCCS)CC(O)[B]/C=C\C#N. The lowest BCUT2D eigenvalue weighted by Crippen LogP contribution is -2.40. The van der Waals surface area contributed by atoms with Gasteiger partial charge in [0, 0.05) is 25.2 Å². The molecule has 2 unspecified atom stereocenters. The van der Waals surface area contributed by atoms with Crippen molar-refractivity contribution in [2.24, 2.45) is 0 Å². The van der Waals surface area contributed by atoms with E-state index in [4.69, 9.17) is 5.26 Å². The lowest BCUT2D eigenvalue weighted by atomic mass is 9.71. The topological polar surface area (TPSA) is 67.5 Å². The zero-order chi connectivity index (χ0) is 15.9. The highest BCUT2D eigenvalue weighted by atomic mass is 32.1. The third-order valence-corrected chi connectivity index (χ3v) is 3.26. The number of thiol groups is 1. The molecule has 0 saturated heterocycles. The quantitative estimate of drug-likeness (QED) is 0.168. The third-order valence-electron chi connectivity index (χ3n) is 2.94. The predicted molar refractivity (Wildman–Crippen MR) is 91.5 cm³/mol. The smallest absolute Gasteiger partial charge is 0.182 e. The van der Waals surface area contributed by atoms with Crippen molar-refractivity contribution in [3.63, 3.8) is 0 Å². The summed E-state index contributed by atoms with van der Waals surface area (Å²) in [5, 5.41) is 28.3. The molecule has 21 heavy (non-hydrogen) atoms. The van der Waals surface area contributed by atoms with E-state index < -0.39 is 12.1 Å². The zero-order valence-corrected chi connectivity index (χ0v) is 13.6. The number of aliphatic hydroxyl groups is 2. The second-order valence-electron chi connectivity index (χ2n) is 4.90. The molecular formula is C15H26BN2O2S. The normalized spacial score (nSPS) is 14.7. The molecule has 0 saturated carbocycles. The molecule has 0 bridgehead atoms. The number of rotatable bonds is 12. The van der Waals surface area contributed by atoms with E-state index in [9.17, 15) is 10.2 Å². The minimum Gasteiger partial charge on any atom is -0.400 e. The van der Waals surface area contributed by atoms with Crippen molar-refractivity contribution in [1.82, 2.24) is 4.90 Å². The molecule has 0 aromatic rings. The van der Waals surface area contributed by atoms with Crippen LogP contribution in [0.3, 0.4) is 0 Å².